The Labute approximate surface area is 143 Å². The van der Waals surface area contributed by atoms with Crippen LogP contribution in [0.5, 0.6) is 0 Å². The van der Waals surface area contributed by atoms with Crippen LogP contribution >= 0.6 is 0 Å². The smallest absolute Gasteiger partial charge is 0.193 e. The van der Waals surface area contributed by atoms with Crippen molar-refractivity contribution in [2.75, 3.05) is 60.4 Å². The second-order valence-electron chi connectivity index (χ2n) is 7.40. The summed E-state index contributed by atoms with van der Waals surface area (Å²) in [6.07, 6.45) is 3.93. The molecule has 0 unspecified atom stereocenters. The molecular weight excluding hydrogens is 286 g/mol. The minimum absolute atomic E-state index is 0.572. The first-order chi connectivity index (χ1) is 11.1. The lowest BCUT2D eigenvalue weighted by Gasteiger charge is -2.38. The van der Waals surface area contributed by atoms with E-state index in [1.54, 1.807) is 0 Å². The van der Waals surface area contributed by atoms with E-state index in [2.05, 4.69) is 53.0 Å². The number of likely N-dealkylation sites (N-methyl/N-ethyl adjacent to an activating group) is 2. The fourth-order valence-corrected chi connectivity index (χ4v) is 4.18. The molecule has 0 aromatic heterocycles. The molecule has 2 saturated heterocycles. The van der Waals surface area contributed by atoms with Crippen LogP contribution in [0.25, 0.3) is 0 Å². The Morgan fingerprint density at radius 2 is 1.87 bits per heavy atom. The van der Waals surface area contributed by atoms with E-state index in [-0.39, 0.29) is 0 Å². The Morgan fingerprint density at radius 1 is 1.13 bits per heavy atom. The van der Waals surface area contributed by atoms with Gasteiger partial charge in [0.05, 0.1) is 0 Å². The number of guanidine groups is 1. The van der Waals surface area contributed by atoms with E-state index in [9.17, 15) is 0 Å². The lowest BCUT2D eigenvalue weighted by molar-refractivity contribution is 0.116. The van der Waals surface area contributed by atoms with E-state index in [0.717, 1.165) is 44.0 Å². The minimum atomic E-state index is 0.572. The third-order valence-corrected chi connectivity index (χ3v) is 5.93. The van der Waals surface area contributed by atoms with Crippen molar-refractivity contribution in [1.82, 2.24) is 20.0 Å². The zero-order chi connectivity index (χ0) is 16.8. The molecule has 2 heterocycles. The maximum Gasteiger partial charge on any atom is 0.193 e. The number of likely N-dealkylation sites (tertiary alicyclic amines) is 1. The molecule has 0 saturated carbocycles. The number of aliphatic imine (C=N–C) groups is 1. The number of nitrogens with zero attached hydrogens (tertiary/aromatic N) is 4. The Morgan fingerprint density at radius 3 is 2.52 bits per heavy atom. The topological polar surface area (TPSA) is 34.1 Å². The number of piperazine rings is 1. The first-order valence-corrected chi connectivity index (χ1v) is 9.43. The predicted molar refractivity (Wildman–Crippen MR) is 99.0 cm³/mol. The van der Waals surface area contributed by atoms with Crippen LogP contribution in [0, 0.1) is 11.8 Å². The molecule has 0 aliphatic carbocycles. The summed E-state index contributed by atoms with van der Waals surface area (Å²) in [4.78, 5) is 11.9. The van der Waals surface area contributed by atoms with Crippen LogP contribution in [0.4, 0.5) is 0 Å². The second kappa shape index (κ2) is 8.88. The highest BCUT2D eigenvalue weighted by Crippen LogP contribution is 2.28. The first-order valence-electron chi connectivity index (χ1n) is 9.43. The van der Waals surface area contributed by atoms with Crippen molar-refractivity contribution in [1.29, 1.82) is 0 Å². The van der Waals surface area contributed by atoms with Crippen LogP contribution in [0.1, 0.15) is 33.1 Å². The van der Waals surface area contributed by atoms with Crippen LogP contribution in [-0.2, 0) is 0 Å². The Hall–Kier alpha value is -0.810. The lowest BCUT2D eigenvalue weighted by Crippen LogP contribution is -2.55. The largest absolute Gasteiger partial charge is 0.355 e. The second-order valence-corrected chi connectivity index (χ2v) is 7.40. The number of hydrogen-bond acceptors (Lipinski definition) is 3. The summed E-state index contributed by atoms with van der Waals surface area (Å²) in [6.45, 7) is 11.4. The monoisotopic (exact) mass is 323 g/mol. The Kier molecular flexibility index (Phi) is 7.15. The van der Waals surface area contributed by atoms with Gasteiger partial charge in [-0.05, 0) is 32.4 Å². The van der Waals surface area contributed by atoms with Gasteiger partial charge >= 0.3 is 0 Å². The van der Waals surface area contributed by atoms with Gasteiger partial charge in [0.25, 0.3) is 0 Å². The quantitative estimate of drug-likeness (QED) is 0.615. The molecule has 0 aromatic carbocycles. The molecule has 2 aliphatic heterocycles. The average molecular weight is 324 g/mol. The number of nitrogens with one attached hydrogen (secondary N) is 1. The summed E-state index contributed by atoms with van der Waals surface area (Å²) in [7, 11) is 6.38. The number of hydrogen-bond donors (Lipinski definition) is 1. The Balaban J connectivity index is 1.84. The predicted octanol–water partition coefficient (Wildman–Crippen LogP) is 1.57. The Bertz CT molecular complexity index is 380. The van der Waals surface area contributed by atoms with Crippen LogP contribution in [0.15, 0.2) is 4.99 Å². The summed E-state index contributed by atoms with van der Waals surface area (Å²) in [5.74, 6) is 2.81. The van der Waals surface area contributed by atoms with Gasteiger partial charge in [0.1, 0.15) is 0 Å². The molecule has 1 N–H and O–H groups in total. The van der Waals surface area contributed by atoms with E-state index < -0.39 is 0 Å². The van der Waals surface area contributed by atoms with Crippen LogP contribution in [-0.4, -0.2) is 87.1 Å². The van der Waals surface area contributed by atoms with Crippen molar-refractivity contribution >= 4 is 5.96 Å². The molecule has 0 radical (unpaired) electrons. The zero-order valence-corrected chi connectivity index (χ0v) is 15.9. The summed E-state index contributed by atoms with van der Waals surface area (Å²) < 4.78 is 0. The van der Waals surface area contributed by atoms with Gasteiger partial charge in [-0.2, -0.15) is 0 Å². The molecule has 0 spiro atoms. The maximum absolute atomic E-state index is 4.54. The van der Waals surface area contributed by atoms with Crippen molar-refractivity contribution in [2.24, 2.45) is 16.8 Å². The summed E-state index contributed by atoms with van der Waals surface area (Å²) in [5.41, 5.74) is 0. The average Bonchev–Trinajstić information content (AvgIpc) is 3.02. The van der Waals surface area contributed by atoms with Gasteiger partial charge in [0.2, 0.25) is 0 Å². The van der Waals surface area contributed by atoms with Crippen molar-refractivity contribution in [3.05, 3.63) is 0 Å². The van der Waals surface area contributed by atoms with Gasteiger partial charge in [-0.15, -0.1) is 0 Å². The van der Waals surface area contributed by atoms with Crippen molar-refractivity contribution in [3.8, 4) is 0 Å². The van der Waals surface area contributed by atoms with Gasteiger partial charge in [-0.25, -0.2) is 0 Å². The third-order valence-electron chi connectivity index (χ3n) is 5.93. The van der Waals surface area contributed by atoms with E-state index >= 15 is 0 Å². The molecule has 2 fully saturated rings. The van der Waals surface area contributed by atoms with E-state index in [1.807, 2.05) is 7.05 Å². The zero-order valence-electron chi connectivity index (χ0n) is 15.9. The molecule has 2 atom stereocenters. The van der Waals surface area contributed by atoms with Crippen molar-refractivity contribution < 1.29 is 0 Å². The molecule has 2 aliphatic rings. The molecule has 2 rings (SSSR count). The molecule has 23 heavy (non-hydrogen) atoms. The van der Waals surface area contributed by atoms with Crippen LogP contribution in [0.2, 0.25) is 0 Å². The molecule has 5 heteroatoms. The highest BCUT2D eigenvalue weighted by Gasteiger charge is 2.30. The van der Waals surface area contributed by atoms with Crippen molar-refractivity contribution in [3.63, 3.8) is 0 Å². The highest BCUT2D eigenvalue weighted by atomic mass is 15.3. The molecule has 0 amide bonds. The van der Waals surface area contributed by atoms with Crippen molar-refractivity contribution in [2.45, 2.75) is 39.2 Å². The summed E-state index contributed by atoms with van der Waals surface area (Å²) in [5, 5.41) is 3.64. The minimum Gasteiger partial charge on any atom is -0.355 e. The lowest BCUT2D eigenvalue weighted by atomic mass is 9.87. The van der Waals surface area contributed by atoms with Crippen LogP contribution < -0.4 is 5.32 Å². The SMILES string of the molecule is CCC(CC)[C@@H]1CCN(C(=NC)NC[C@H]2CN(C)CCN2C)C1. The maximum atomic E-state index is 4.54. The first kappa shape index (κ1) is 18.5. The van der Waals surface area contributed by atoms with Gasteiger partial charge in [-0.1, -0.05) is 26.7 Å². The van der Waals surface area contributed by atoms with E-state index in [0.29, 0.717) is 6.04 Å². The van der Waals surface area contributed by atoms with E-state index in [4.69, 9.17) is 0 Å². The normalized spacial score (nSPS) is 27.9. The molecular formula is C18H37N5. The fraction of sp³-hybridized carbons (Fsp3) is 0.944. The number of rotatable bonds is 5. The summed E-state index contributed by atoms with van der Waals surface area (Å²) in [6, 6.07) is 0.572. The molecule has 134 valence electrons. The van der Waals surface area contributed by atoms with Crippen LogP contribution in [0.3, 0.4) is 0 Å². The van der Waals surface area contributed by atoms with Gasteiger partial charge in [0.15, 0.2) is 5.96 Å². The molecule has 5 nitrogen and oxygen atoms in total. The highest BCUT2D eigenvalue weighted by molar-refractivity contribution is 5.80. The van der Waals surface area contributed by atoms with Gasteiger partial charge in [0, 0.05) is 52.4 Å². The van der Waals surface area contributed by atoms with Gasteiger partial charge in [-0.3, -0.25) is 9.89 Å². The standard InChI is InChI=1S/C18H37N5/c1-6-15(7-2)16-8-9-23(13-16)18(19-3)20-12-17-14-21(4)10-11-22(17)5/h15-17H,6-14H2,1-5H3,(H,19,20)/t16-,17+/m1/s1. The summed E-state index contributed by atoms with van der Waals surface area (Å²) >= 11 is 0. The molecule has 0 bridgehead atoms. The van der Waals surface area contributed by atoms with E-state index in [1.165, 1.54) is 32.4 Å². The van der Waals surface area contributed by atoms with Gasteiger partial charge < -0.3 is 15.1 Å². The third kappa shape index (κ3) is 4.83. The fourth-order valence-electron chi connectivity index (χ4n) is 4.18. The molecule has 0 aromatic rings.